The normalized spacial score (nSPS) is 18.3. The lowest BCUT2D eigenvalue weighted by atomic mass is 10.2. The number of Topliss-reactive ketones (excluding diaryl/α,β-unsaturated/α-hetero) is 1. The number of alkyl halides is 3. The number of aromatic nitrogens is 3. The number of fused-ring (bicyclic) bond motifs is 1. The van der Waals surface area contributed by atoms with Crippen LogP contribution >= 0.6 is 11.8 Å². The minimum Gasteiger partial charge on any atom is -0.405 e. The number of thioether (sulfide) groups is 1. The number of anilines is 1. The molecule has 0 aliphatic carbocycles. The van der Waals surface area contributed by atoms with Gasteiger partial charge in [-0.15, -0.1) is 11.8 Å². The zero-order chi connectivity index (χ0) is 35.2. The SMILES string of the molecule is CNc1ncnc2c1c(C#CCCC(=O)C(F)(F)F)cn2[C@H]1CC(OCSC)[C@@H](CO[Si](c2ccccc2)(c2ccccc2)C(C)(C)C)O1. The molecule has 2 aromatic carbocycles. The molecule has 2 aromatic heterocycles. The molecule has 49 heavy (non-hydrogen) atoms. The molecule has 0 bridgehead atoms. The van der Waals surface area contributed by atoms with Crippen molar-refractivity contribution in [1.82, 2.24) is 14.5 Å². The van der Waals surface area contributed by atoms with Gasteiger partial charge in [0.25, 0.3) is 8.32 Å². The van der Waals surface area contributed by atoms with Crippen molar-refractivity contribution in [2.75, 3.05) is 31.2 Å². The summed E-state index contributed by atoms with van der Waals surface area (Å²) in [6.07, 6.45) is -1.33. The fourth-order valence-corrected chi connectivity index (χ4v) is 11.3. The first-order chi connectivity index (χ1) is 23.4. The number of benzene rings is 2. The van der Waals surface area contributed by atoms with E-state index in [1.165, 1.54) is 6.33 Å². The molecule has 13 heteroatoms. The molecule has 5 rings (SSSR count). The van der Waals surface area contributed by atoms with Crippen LogP contribution in [0.15, 0.2) is 73.2 Å². The topological polar surface area (TPSA) is 87.5 Å². The highest BCUT2D eigenvalue weighted by molar-refractivity contribution is 7.98. The fraction of sp³-hybridized carbons (Fsp3) is 0.417. The number of nitrogens with zero attached hydrogens (tertiary/aromatic N) is 3. The van der Waals surface area contributed by atoms with Gasteiger partial charge in [0.05, 0.1) is 29.6 Å². The largest absolute Gasteiger partial charge is 0.450 e. The lowest BCUT2D eigenvalue weighted by Crippen LogP contribution is -2.67. The van der Waals surface area contributed by atoms with E-state index in [1.807, 2.05) is 23.0 Å². The van der Waals surface area contributed by atoms with E-state index in [1.54, 1.807) is 25.0 Å². The van der Waals surface area contributed by atoms with Gasteiger partial charge in [0.15, 0.2) is 0 Å². The van der Waals surface area contributed by atoms with Gasteiger partial charge in [0.1, 0.15) is 30.1 Å². The van der Waals surface area contributed by atoms with Crippen LogP contribution in [0.25, 0.3) is 11.0 Å². The third kappa shape index (κ3) is 7.89. The molecule has 1 fully saturated rings. The Kier molecular flexibility index (Phi) is 11.6. The Labute approximate surface area is 290 Å². The van der Waals surface area contributed by atoms with Gasteiger partial charge < -0.3 is 23.8 Å². The summed E-state index contributed by atoms with van der Waals surface area (Å²) in [6.45, 7) is 6.97. The maximum atomic E-state index is 12.7. The van der Waals surface area contributed by atoms with Crippen molar-refractivity contribution in [3.8, 4) is 11.8 Å². The van der Waals surface area contributed by atoms with E-state index in [-0.39, 0.29) is 17.6 Å². The molecule has 1 aliphatic rings. The van der Waals surface area contributed by atoms with Gasteiger partial charge in [-0.25, -0.2) is 9.97 Å². The van der Waals surface area contributed by atoms with Crippen molar-refractivity contribution >= 4 is 53.1 Å². The molecular formula is C36H41F3N4O4SSi. The molecule has 1 aliphatic heterocycles. The molecule has 0 saturated carbocycles. The van der Waals surface area contributed by atoms with Gasteiger partial charge >= 0.3 is 6.18 Å². The van der Waals surface area contributed by atoms with Gasteiger partial charge in [0.2, 0.25) is 5.78 Å². The molecule has 260 valence electrons. The predicted octanol–water partition coefficient (Wildman–Crippen LogP) is 6.31. The summed E-state index contributed by atoms with van der Waals surface area (Å²) >= 11 is 1.58. The maximum Gasteiger partial charge on any atom is 0.450 e. The summed E-state index contributed by atoms with van der Waals surface area (Å²) in [4.78, 5) is 20.2. The number of hydrogen-bond donors (Lipinski definition) is 1. The van der Waals surface area contributed by atoms with Crippen molar-refractivity contribution in [1.29, 1.82) is 0 Å². The zero-order valence-electron chi connectivity index (χ0n) is 28.2. The second-order valence-electron chi connectivity index (χ2n) is 12.8. The first kappa shape index (κ1) is 36.6. The molecule has 1 saturated heterocycles. The van der Waals surface area contributed by atoms with E-state index in [0.29, 0.717) is 41.4 Å². The van der Waals surface area contributed by atoms with Crippen LogP contribution in [0.5, 0.6) is 0 Å². The second kappa shape index (κ2) is 15.5. The quantitative estimate of drug-likeness (QED) is 0.104. The second-order valence-corrected chi connectivity index (χ2v) is 17.9. The Hall–Kier alpha value is -3.67. The van der Waals surface area contributed by atoms with Gasteiger partial charge in [-0.2, -0.15) is 13.2 Å². The van der Waals surface area contributed by atoms with Crippen molar-refractivity contribution in [2.24, 2.45) is 0 Å². The highest BCUT2D eigenvalue weighted by atomic mass is 32.2. The lowest BCUT2D eigenvalue weighted by Gasteiger charge is -2.43. The number of ketones is 1. The van der Waals surface area contributed by atoms with Crippen LogP contribution < -0.4 is 15.7 Å². The van der Waals surface area contributed by atoms with Crippen molar-refractivity contribution < 1.29 is 31.9 Å². The molecule has 3 atom stereocenters. The molecule has 3 heterocycles. The summed E-state index contributed by atoms with van der Waals surface area (Å²) < 4.78 is 60.3. The van der Waals surface area contributed by atoms with E-state index in [2.05, 4.69) is 96.4 Å². The van der Waals surface area contributed by atoms with Crippen LogP contribution in [-0.2, 0) is 18.7 Å². The Balaban J connectivity index is 1.48. The van der Waals surface area contributed by atoms with E-state index < -0.39 is 39.0 Å². The van der Waals surface area contributed by atoms with Crippen LogP contribution in [0.1, 0.15) is 51.8 Å². The molecule has 1 N–H and O–H groups in total. The molecule has 0 spiro atoms. The number of rotatable bonds is 12. The summed E-state index contributed by atoms with van der Waals surface area (Å²) in [5.41, 5.74) is 1.06. The summed E-state index contributed by atoms with van der Waals surface area (Å²) in [7, 11) is -1.14. The van der Waals surface area contributed by atoms with E-state index >= 15 is 0 Å². The smallest absolute Gasteiger partial charge is 0.405 e. The first-order valence-electron chi connectivity index (χ1n) is 16.0. The maximum absolute atomic E-state index is 12.7. The average molecular weight is 711 g/mol. The third-order valence-corrected chi connectivity index (χ3v) is 14.0. The summed E-state index contributed by atoms with van der Waals surface area (Å²) in [5, 5.41) is 5.77. The summed E-state index contributed by atoms with van der Waals surface area (Å²) in [6, 6.07) is 20.8. The summed E-state index contributed by atoms with van der Waals surface area (Å²) in [5.74, 6) is 4.86. The first-order valence-corrected chi connectivity index (χ1v) is 19.3. The lowest BCUT2D eigenvalue weighted by molar-refractivity contribution is -0.170. The third-order valence-electron chi connectivity index (χ3n) is 8.63. The van der Waals surface area contributed by atoms with Crippen LogP contribution in [-0.4, -0.2) is 72.9 Å². The number of ether oxygens (including phenoxy) is 2. The number of carbonyl (C=O) groups is 1. The van der Waals surface area contributed by atoms with Gasteiger partial charge in [-0.05, 0) is 21.7 Å². The van der Waals surface area contributed by atoms with Crippen LogP contribution in [0.4, 0.5) is 19.0 Å². The Morgan fingerprint density at radius 3 is 2.31 bits per heavy atom. The van der Waals surface area contributed by atoms with Crippen molar-refractivity contribution in [3.05, 3.63) is 78.8 Å². The standard InChI is InChI=1S/C36H41F3N4O4SSi/c1-35(2,3)49(26-15-8-6-9-16-26,27-17-10-7-11-18-27)46-22-29-28(45-24-48-5)20-31(47-29)43-21-25(14-12-13-19-30(44)36(37,38)39)32-33(40-4)41-23-42-34(32)43/h6-11,15-18,21,23,28-29,31H,13,19-20,22,24H2,1-5H3,(H,40,41,42)/t28?,29-,31-/m1/s1. The minimum atomic E-state index is -4.88. The van der Waals surface area contributed by atoms with E-state index in [9.17, 15) is 18.0 Å². The Morgan fingerprint density at radius 2 is 1.73 bits per heavy atom. The monoisotopic (exact) mass is 710 g/mol. The number of hydrogen-bond acceptors (Lipinski definition) is 8. The van der Waals surface area contributed by atoms with Gasteiger partial charge in [0, 0.05) is 32.5 Å². The minimum absolute atomic E-state index is 0.223. The van der Waals surface area contributed by atoms with Gasteiger partial charge in [-0.1, -0.05) is 93.3 Å². The van der Waals surface area contributed by atoms with E-state index in [4.69, 9.17) is 13.9 Å². The molecule has 0 amide bonds. The average Bonchev–Trinajstić information content (AvgIpc) is 3.67. The highest BCUT2D eigenvalue weighted by Crippen LogP contribution is 2.40. The van der Waals surface area contributed by atoms with Crippen LogP contribution in [0, 0.1) is 11.8 Å². The number of carbonyl (C=O) groups excluding carboxylic acids is 1. The molecular weight excluding hydrogens is 670 g/mol. The predicted molar refractivity (Wildman–Crippen MR) is 190 cm³/mol. The van der Waals surface area contributed by atoms with Crippen LogP contribution in [0.2, 0.25) is 5.04 Å². The van der Waals surface area contributed by atoms with Crippen molar-refractivity contribution in [2.45, 2.75) is 69.7 Å². The molecule has 4 aromatic rings. The Morgan fingerprint density at radius 1 is 1.08 bits per heavy atom. The van der Waals surface area contributed by atoms with Crippen molar-refractivity contribution in [3.63, 3.8) is 0 Å². The molecule has 0 radical (unpaired) electrons. The van der Waals surface area contributed by atoms with Gasteiger partial charge in [-0.3, -0.25) is 4.79 Å². The molecule has 8 nitrogen and oxygen atoms in total. The Bertz CT molecular complexity index is 1750. The number of halogens is 3. The number of nitrogens with one attached hydrogen (secondary N) is 1. The highest BCUT2D eigenvalue weighted by Gasteiger charge is 2.51. The molecule has 1 unspecified atom stereocenters. The zero-order valence-corrected chi connectivity index (χ0v) is 30.0. The fourth-order valence-electron chi connectivity index (χ4n) is 6.38. The van der Waals surface area contributed by atoms with Crippen LogP contribution in [0.3, 0.4) is 0 Å². The van der Waals surface area contributed by atoms with E-state index in [0.717, 1.165) is 10.4 Å².